The van der Waals surface area contributed by atoms with Gasteiger partial charge in [-0.05, 0) is 26.2 Å². The zero-order chi connectivity index (χ0) is 15.4. The molecule has 0 aliphatic heterocycles. The average molecular weight is 288 g/mol. The SMILES string of the molecule is CC(C)OC(=O)COc1c([C@H](C)O)ccc2ccccc12. The van der Waals surface area contributed by atoms with E-state index in [1.807, 2.05) is 36.4 Å². The van der Waals surface area contributed by atoms with Gasteiger partial charge in [-0.15, -0.1) is 0 Å². The van der Waals surface area contributed by atoms with Gasteiger partial charge in [0.1, 0.15) is 5.75 Å². The Morgan fingerprint density at radius 1 is 1.14 bits per heavy atom. The molecule has 0 radical (unpaired) electrons. The summed E-state index contributed by atoms with van der Waals surface area (Å²) in [5.41, 5.74) is 0.658. The molecule has 2 aromatic rings. The van der Waals surface area contributed by atoms with E-state index in [9.17, 15) is 9.90 Å². The number of hydrogen-bond donors (Lipinski definition) is 1. The van der Waals surface area contributed by atoms with Crippen LogP contribution in [0.3, 0.4) is 0 Å². The highest BCUT2D eigenvalue weighted by molar-refractivity contribution is 5.90. The number of carbonyl (C=O) groups is 1. The van der Waals surface area contributed by atoms with Gasteiger partial charge in [0.05, 0.1) is 12.2 Å². The molecule has 0 aliphatic rings. The van der Waals surface area contributed by atoms with Crippen molar-refractivity contribution >= 4 is 16.7 Å². The normalized spacial score (nSPS) is 12.4. The van der Waals surface area contributed by atoms with Crippen molar-refractivity contribution in [3.05, 3.63) is 42.0 Å². The molecule has 0 saturated carbocycles. The van der Waals surface area contributed by atoms with Gasteiger partial charge >= 0.3 is 5.97 Å². The Kier molecular flexibility index (Phi) is 4.81. The van der Waals surface area contributed by atoms with E-state index in [1.54, 1.807) is 20.8 Å². The van der Waals surface area contributed by atoms with Gasteiger partial charge in [-0.3, -0.25) is 0 Å². The molecular weight excluding hydrogens is 268 g/mol. The highest BCUT2D eigenvalue weighted by atomic mass is 16.6. The van der Waals surface area contributed by atoms with Crippen molar-refractivity contribution in [2.45, 2.75) is 33.0 Å². The van der Waals surface area contributed by atoms with E-state index in [1.165, 1.54) is 0 Å². The highest BCUT2D eigenvalue weighted by Gasteiger charge is 2.15. The number of aliphatic hydroxyl groups excluding tert-OH is 1. The fourth-order valence-corrected chi connectivity index (χ4v) is 2.18. The van der Waals surface area contributed by atoms with Gasteiger partial charge in [-0.25, -0.2) is 4.79 Å². The molecule has 0 aromatic heterocycles. The van der Waals surface area contributed by atoms with Crippen LogP contribution >= 0.6 is 0 Å². The summed E-state index contributed by atoms with van der Waals surface area (Å²) in [5.74, 6) is 0.110. The largest absolute Gasteiger partial charge is 0.481 e. The molecule has 0 spiro atoms. The number of rotatable bonds is 5. The molecule has 1 N–H and O–H groups in total. The first-order chi connectivity index (χ1) is 9.99. The Labute approximate surface area is 124 Å². The molecule has 0 heterocycles. The first-order valence-corrected chi connectivity index (χ1v) is 7.01. The maximum Gasteiger partial charge on any atom is 0.344 e. The molecule has 4 nitrogen and oxygen atoms in total. The number of carbonyl (C=O) groups excluding carboxylic acids is 1. The van der Waals surface area contributed by atoms with Gasteiger partial charge in [-0.1, -0.05) is 36.4 Å². The monoisotopic (exact) mass is 288 g/mol. The van der Waals surface area contributed by atoms with Gasteiger partial charge in [0, 0.05) is 10.9 Å². The maximum absolute atomic E-state index is 11.6. The maximum atomic E-state index is 11.6. The van der Waals surface area contributed by atoms with Gasteiger partial charge in [0.15, 0.2) is 6.61 Å². The average Bonchev–Trinajstić information content (AvgIpc) is 2.43. The fraction of sp³-hybridized carbons (Fsp3) is 0.353. The Balaban J connectivity index is 2.31. The summed E-state index contributed by atoms with van der Waals surface area (Å²) in [6, 6.07) is 11.4. The lowest BCUT2D eigenvalue weighted by molar-refractivity contribution is -0.149. The van der Waals surface area contributed by atoms with E-state index >= 15 is 0 Å². The predicted octanol–water partition coefficient (Wildman–Crippen LogP) is 3.22. The fourth-order valence-electron chi connectivity index (χ4n) is 2.18. The second kappa shape index (κ2) is 6.59. The number of aliphatic hydroxyl groups is 1. The van der Waals surface area contributed by atoms with E-state index in [-0.39, 0.29) is 12.7 Å². The molecule has 112 valence electrons. The predicted molar refractivity (Wildman–Crippen MR) is 81.3 cm³/mol. The highest BCUT2D eigenvalue weighted by Crippen LogP contribution is 2.33. The number of hydrogen-bond acceptors (Lipinski definition) is 4. The van der Waals surface area contributed by atoms with Crippen LogP contribution in [0.1, 0.15) is 32.4 Å². The molecule has 0 unspecified atom stereocenters. The molecule has 0 aliphatic carbocycles. The number of ether oxygens (including phenoxy) is 2. The van der Waals surface area contributed by atoms with Crippen LogP contribution in [0.25, 0.3) is 10.8 Å². The standard InChI is InChI=1S/C17H20O4/c1-11(2)21-16(19)10-20-17-14(12(3)18)9-8-13-6-4-5-7-15(13)17/h4-9,11-12,18H,10H2,1-3H3/t12-/m0/s1. The summed E-state index contributed by atoms with van der Waals surface area (Å²) in [4.78, 5) is 11.6. The van der Waals surface area contributed by atoms with E-state index in [4.69, 9.17) is 9.47 Å². The minimum absolute atomic E-state index is 0.175. The Bertz CT molecular complexity index is 632. The molecule has 0 fully saturated rings. The third-order valence-corrected chi connectivity index (χ3v) is 3.06. The number of fused-ring (bicyclic) bond motifs is 1. The van der Waals surface area contributed by atoms with E-state index in [0.29, 0.717) is 11.3 Å². The molecule has 21 heavy (non-hydrogen) atoms. The molecule has 1 atom stereocenters. The second-order valence-electron chi connectivity index (χ2n) is 5.21. The minimum Gasteiger partial charge on any atom is -0.481 e. The Morgan fingerprint density at radius 3 is 2.52 bits per heavy atom. The second-order valence-corrected chi connectivity index (χ2v) is 5.21. The molecule has 2 rings (SSSR count). The quantitative estimate of drug-likeness (QED) is 0.858. The summed E-state index contributed by atoms with van der Waals surface area (Å²) in [6.07, 6.45) is -0.851. The molecule has 0 amide bonds. The first kappa shape index (κ1) is 15.3. The topological polar surface area (TPSA) is 55.8 Å². The van der Waals surface area contributed by atoms with Crippen LogP contribution in [0.5, 0.6) is 5.75 Å². The zero-order valence-electron chi connectivity index (χ0n) is 12.5. The van der Waals surface area contributed by atoms with Gasteiger partial charge in [-0.2, -0.15) is 0 Å². The van der Waals surface area contributed by atoms with E-state index in [0.717, 1.165) is 10.8 Å². The van der Waals surface area contributed by atoms with Crippen LogP contribution in [-0.4, -0.2) is 23.8 Å². The van der Waals surface area contributed by atoms with Crippen molar-refractivity contribution in [1.82, 2.24) is 0 Å². The third kappa shape index (κ3) is 3.73. The lowest BCUT2D eigenvalue weighted by atomic mass is 10.0. The summed E-state index contributed by atoms with van der Waals surface area (Å²) in [7, 11) is 0. The molecule has 2 aromatic carbocycles. The van der Waals surface area contributed by atoms with E-state index < -0.39 is 12.1 Å². The van der Waals surface area contributed by atoms with Crippen LogP contribution in [0.15, 0.2) is 36.4 Å². The molecule has 0 bridgehead atoms. The van der Waals surface area contributed by atoms with Crippen LogP contribution in [0, 0.1) is 0 Å². The lowest BCUT2D eigenvalue weighted by Gasteiger charge is -2.16. The summed E-state index contributed by atoms with van der Waals surface area (Å²) >= 11 is 0. The van der Waals surface area contributed by atoms with Crippen molar-refractivity contribution in [2.24, 2.45) is 0 Å². The number of benzene rings is 2. The van der Waals surface area contributed by atoms with Crippen molar-refractivity contribution in [1.29, 1.82) is 0 Å². The number of esters is 1. The molecule has 0 saturated heterocycles. The van der Waals surface area contributed by atoms with Gasteiger partial charge in [0.25, 0.3) is 0 Å². The third-order valence-electron chi connectivity index (χ3n) is 3.06. The van der Waals surface area contributed by atoms with Crippen molar-refractivity contribution < 1.29 is 19.4 Å². The van der Waals surface area contributed by atoms with Gasteiger partial charge in [0.2, 0.25) is 0 Å². The van der Waals surface area contributed by atoms with Crippen molar-refractivity contribution in [3.8, 4) is 5.75 Å². The summed E-state index contributed by atoms with van der Waals surface area (Å²) in [6.45, 7) is 5.07. The smallest absolute Gasteiger partial charge is 0.344 e. The summed E-state index contributed by atoms with van der Waals surface area (Å²) in [5, 5.41) is 11.7. The van der Waals surface area contributed by atoms with Crippen LogP contribution in [0.2, 0.25) is 0 Å². The first-order valence-electron chi connectivity index (χ1n) is 7.01. The lowest BCUT2D eigenvalue weighted by Crippen LogP contribution is -2.19. The Morgan fingerprint density at radius 2 is 1.86 bits per heavy atom. The minimum atomic E-state index is -0.675. The summed E-state index contributed by atoms with van der Waals surface area (Å²) < 4.78 is 10.7. The van der Waals surface area contributed by atoms with Gasteiger partial charge < -0.3 is 14.6 Å². The van der Waals surface area contributed by atoms with Crippen LogP contribution in [-0.2, 0) is 9.53 Å². The van der Waals surface area contributed by atoms with E-state index in [2.05, 4.69) is 0 Å². The molecule has 4 heteroatoms. The van der Waals surface area contributed by atoms with Crippen molar-refractivity contribution in [3.63, 3.8) is 0 Å². The molecular formula is C17H20O4. The van der Waals surface area contributed by atoms with Crippen LogP contribution in [0.4, 0.5) is 0 Å². The van der Waals surface area contributed by atoms with Crippen molar-refractivity contribution in [2.75, 3.05) is 6.61 Å². The zero-order valence-corrected chi connectivity index (χ0v) is 12.5. The Hall–Kier alpha value is -2.07. The van der Waals surface area contributed by atoms with Crippen LogP contribution < -0.4 is 4.74 Å².